The normalized spacial score (nSPS) is 20.7. The summed E-state index contributed by atoms with van der Waals surface area (Å²) < 4.78 is 0. The van der Waals surface area contributed by atoms with Crippen molar-refractivity contribution in [3.8, 4) is 0 Å². The fourth-order valence-electron chi connectivity index (χ4n) is 1.88. The van der Waals surface area contributed by atoms with E-state index in [0.29, 0.717) is 18.2 Å². The van der Waals surface area contributed by atoms with E-state index in [4.69, 9.17) is 5.73 Å². The third kappa shape index (κ3) is 1.91. The molecule has 1 aliphatic heterocycles. The lowest BCUT2D eigenvalue weighted by molar-refractivity contribution is -0.123. The molecule has 1 aromatic rings. The third-order valence-corrected chi connectivity index (χ3v) is 2.68. The van der Waals surface area contributed by atoms with Crippen LogP contribution in [0.4, 0.5) is 11.6 Å². The molecular formula is C10H15N5O. The Balaban J connectivity index is 2.24. The van der Waals surface area contributed by atoms with E-state index in [1.807, 2.05) is 11.8 Å². The molecule has 2 heterocycles. The van der Waals surface area contributed by atoms with Crippen molar-refractivity contribution in [2.75, 3.05) is 23.7 Å². The zero-order chi connectivity index (χ0) is 11.5. The van der Waals surface area contributed by atoms with Gasteiger partial charge in [0.25, 0.3) is 0 Å². The van der Waals surface area contributed by atoms with Gasteiger partial charge in [-0.2, -0.15) is 0 Å². The minimum atomic E-state index is -0.160. The number of anilines is 2. The molecule has 16 heavy (non-hydrogen) atoms. The SMILES string of the molecule is CCC1C(=O)NCCN1c1ccc(N)nn1. The van der Waals surface area contributed by atoms with Crippen LogP contribution < -0.4 is 16.0 Å². The van der Waals surface area contributed by atoms with Crippen molar-refractivity contribution in [3.05, 3.63) is 12.1 Å². The van der Waals surface area contributed by atoms with Crippen LogP contribution in [-0.2, 0) is 4.79 Å². The molecule has 1 fully saturated rings. The maximum absolute atomic E-state index is 11.7. The van der Waals surface area contributed by atoms with Crippen LogP contribution in [0.25, 0.3) is 0 Å². The van der Waals surface area contributed by atoms with Crippen LogP contribution >= 0.6 is 0 Å². The van der Waals surface area contributed by atoms with Gasteiger partial charge in [0.05, 0.1) is 0 Å². The number of aromatic nitrogens is 2. The summed E-state index contributed by atoms with van der Waals surface area (Å²) in [5, 5.41) is 10.6. The largest absolute Gasteiger partial charge is 0.382 e. The van der Waals surface area contributed by atoms with Crippen LogP contribution in [0.5, 0.6) is 0 Å². The highest BCUT2D eigenvalue weighted by Gasteiger charge is 2.28. The Morgan fingerprint density at radius 3 is 3.00 bits per heavy atom. The van der Waals surface area contributed by atoms with Crippen LogP contribution in [-0.4, -0.2) is 35.2 Å². The molecule has 1 unspecified atom stereocenters. The van der Waals surface area contributed by atoms with Crippen molar-refractivity contribution >= 4 is 17.5 Å². The molecule has 6 nitrogen and oxygen atoms in total. The summed E-state index contributed by atoms with van der Waals surface area (Å²) in [5.41, 5.74) is 5.48. The molecule has 0 saturated carbocycles. The Morgan fingerprint density at radius 1 is 1.56 bits per heavy atom. The third-order valence-electron chi connectivity index (χ3n) is 2.68. The van der Waals surface area contributed by atoms with E-state index in [2.05, 4.69) is 15.5 Å². The smallest absolute Gasteiger partial charge is 0.242 e. The minimum Gasteiger partial charge on any atom is -0.382 e. The number of nitrogens with one attached hydrogen (secondary N) is 1. The Hall–Kier alpha value is -1.85. The van der Waals surface area contributed by atoms with Crippen LogP contribution in [0.15, 0.2) is 12.1 Å². The van der Waals surface area contributed by atoms with Gasteiger partial charge in [0.2, 0.25) is 5.91 Å². The van der Waals surface area contributed by atoms with E-state index in [1.165, 1.54) is 0 Å². The molecular weight excluding hydrogens is 206 g/mol. The average Bonchev–Trinajstić information content (AvgIpc) is 2.30. The first-order chi connectivity index (χ1) is 7.72. The summed E-state index contributed by atoms with van der Waals surface area (Å²) in [5.74, 6) is 1.14. The number of carbonyl (C=O) groups is 1. The topological polar surface area (TPSA) is 84.1 Å². The maximum atomic E-state index is 11.7. The standard InChI is InChI=1S/C10H15N5O/c1-2-7-10(16)12-5-6-15(7)9-4-3-8(11)13-14-9/h3-4,7H,2,5-6H2,1H3,(H2,11,13)(H,12,16). The summed E-state index contributed by atoms with van der Waals surface area (Å²) in [6.45, 7) is 3.37. The number of hydrogen-bond acceptors (Lipinski definition) is 5. The second kappa shape index (κ2) is 4.34. The van der Waals surface area contributed by atoms with Gasteiger partial charge in [-0.15, -0.1) is 10.2 Å². The molecule has 0 aliphatic carbocycles. The molecule has 1 aromatic heterocycles. The van der Waals surface area contributed by atoms with E-state index in [9.17, 15) is 4.79 Å². The van der Waals surface area contributed by atoms with Crippen molar-refractivity contribution < 1.29 is 4.79 Å². The van der Waals surface area contributed by atoms with Crippen molar-refractivity contribution in [2.24, 2.45) is 0 Å². The molecule has 2 rings (SSSR count). The average molecular weight is 221 g/mol. The van der Waals surface area contributed by atoms with Gasteiger partial charge in [0.1, 0.15) is 11.9 Å². The highest BCUT2D eigenvalue weighted by Crippen LogP contribution is 2.17. The Morgan fingerprint density at radius 2 is 2.38 bits per heavy atom. The second-order valence-electron chi connectivity index (χ2n) is 3.72. The highest BCUT2D eigenvalue weighted by atomic mass is 16.2. The van der Waals surface area contributed by atoms with E-state index in [1.54, 1.807) is 12.1 Å². The van der Waals surface area contributed by atoms with Gasteiger partial charge < -0.3 is 16.0 Å². The molecule has 1 atom stereocenters. The van der Waals surface area contributed by atoms with Gasteiger partial charge in [-0.25, -0.2) is 0 Å². The summed E-state index contributed by atoms with van der Waals surface area (Å²) in [7, 11) is 0. The number of carbonyl (C=O) groups excluding carboxylic acids is 1. The summed E-state index contributed by atoms with van der Waals surface area (Å²) in [4.78, 5) is 13.6. The molecule has 0 aromatic carbocycles. The Labute approximate surface area is 93.8 Å². The number of piperazine rings is 1. The van der Waals surface area contributed by atoms with E-state index < -0.39 is 0 Å². The Kier molecular flexibility index (Phi) is 2.89. The first-order valence-electron chi connectivity index (χ1n) is 5.36. The van der Waals surface area contributed by atoms with Crippen molar-refractivity contribution in [1.29, 1.82) is 0 Å². The van der Waals surface area contributed by atoms with E-state index in [0.717, 1.165) is 13.0 Å². The zero-order valence-electron chi connectivity index (χ0n) is 9.18. The number of rotatable bonds is 2. The van der Waals surface area contributed by atoms with Gasteiger partial charge in [0.15, 0.2) is 5.82 Å². The lowest BCUT2D eigenvalue weighted by Gasteiger charge is -2.34. The van der Waals surface area contributed by atoms with Crippen molar-refractivity contribution in [2.45, 2.75) is 19.4 Å². The predicted molar refractivity (Wildman–Crippen MR) is 60.9 cm³/mol. The summed E-state index contributed by atoms with van der Waals surface area (Å²) in [6, 6.07) is 3.33. The number of nitrogen functional groups attached to an aromatic ring is 1. The number of nitrogens with zero attached hydrogens (tertiary/aromatic N) is 3. The summed E-state index contributed by atoms with van der Waals surface area (Å²) >= 11 is 0. The van der Waals surface area contributed by atoms with Gasteiger partial charge in [0, 0.05) is 13.1 Å². The van der Waals surface area contributed by atoms with Crippen LogP contribution in [0.2, 0.25) is 0 Å². The molecule has 1 saturated heterocycles. The molecule has 6 heteroatoms. The van der Waals surface area contributed by atoms with Crippen LogP contribution in [0.3, 0.4) is 0 Å². The lowest BCUT2D eigenvalue weighted by atomic mass is 10.1. The minimum absolute atomic E-state index is 0.0485. The first kappa shape index (κ1) is 10.7. The second-order valence-corrected chi connectivity index (χ2v) is 3.72. The quantitative estimate of drug-likeness (QED) is 0.721. The van der Waals surface area contributed by atoms with E-state index >= 15 is 0 Å². The van der Waals surface area contributed by atoms with E-state index in [-0.39, 0.29) is 11.9 Å². The molecule has 0 radical (unpaired) electrons. The fraction of sp³-hybridized carbons (Fsp3) is 0.500. The monoisotopic (exact) mass is 221 g/mol. The van der Waals surface area contributed by atoms with Gasteiger partial charge in [-0.1, -0.05) is 6.92 Å². The Bertz CT molecular complexity index is 377. The molecule has 1 amide bonds. The molecule has 86 valence electrons. The van der Waals surface area contributed by atoms with Gasteiger partial charge >= 0.3 is 0 Å². The number of nitrogens with two attached hydrogens (primary N) is 1. The molecule has 3 N–H and O–H groups in total. The molecule has 0 spiro atoms. The van der Waals surface area contributed by atoms with Gasteiger partial charge in [-0.3, -0.25) is 4.79 Å². The first-order valence-corrected chi connectivity index (χ1v) is 5.36. The van der Waals surface area contributed by atoms with Crippen LogP contribution in [0.1, 0.15) is 13.3 Å². The zero-order valence-corrected chi connectivity index (χ0v) is 9.18. The fourth-order valence-corrected chi connectivity index (χ4v) is 1.88. The number of hydrogen-bond donors (Lipinski definition) is 2. The summed E-state index contributed by atoms with van der Waals surface area (Å²) in [6.07, 6.45) is 0.748. The van der Waals surface area contributed by atoms with Crippen molar-refractivity contribution in [3.63, 3.8) is 0 Å². The maximum Gasteiger partial charge on any atom is 0.242 e. The van der Waals surface area contributed by atoms with Crippen molar-refractivity contribution in [1.82, 2.24) is 15.5 Å². The van der Waals surface area contributed by atoms with Crippen LogP contribution in [0, 0.1) is 0 Å². The van der Waals surface area contributed by atoms with Gasteiger partial charge in [-0.05, 0) is 18.6 Å². The lowest BCUT2D eigenvalue weighted by Crippen LogP contribution is -2.55. The highest BCUT2D eigenvalue weighted by molar-refractivity contribution is 5.86. The molecule has 1 aliphatic rings. The number of amides is 1. The molecule has 0 bridgehead atoms. The predicted octanol–water partition coefficient (Wildman–Crippen LogP) is -0.226.